The molecule has 1 heterocycles. The highest BCUT2D eigenvalue weighted by Gasteiger charge is 2.27. The van der Waals surface area contributed by atoms with Gasteiger partial charge < -0.3 is 10.3 Å². The summed E-state index contributed by atoms with van der Waals surface area (Å²) in [6.45, 7) is 0.677. The van der Waals surface area contributed by atoms with Gasteiger partial charge in [-0.3, -0.25) is 0 Å². The average Bonchev–Trinajstić information content (AvgIpc) is 2.80. The predicted molar refractivity (Wildman–Crippen MR) is 51.0 cm³/mol. The molecule has 1 aromatic rings. The van der Waals surface area contributed by atoms with Crippen LogP contribution < -0.4 is 5.73 Å². The van der Waals surface area contributed by atoms with Crippen molar-refractivity contribution >= 4 is 15.9 Å². The largest absolute Gasteiger partial charge is 0.330 e. The first-order chi connectivity index (χ1) is 5.83. The van der Waals surface area contributed by atoms with Gasteiger partial charge in [-0.15, -0.1) is 0 Å². The smallest absolute Gasteiger partial charge is 0.111 e. The Morgan fingerprint density at radius 3 is 3.00 bits per heavy atom. The van der Waals surface area contributed by atoms with Crippen molar-refractivity contribution in [3.8, 4) is 0 Å². The number of hydrogen-bond donors (Lipinski definition) is 1. The zero-order valence-corrected chi connectivity index (χ0v) is 8.42. The lowest BCUT2D eigenvalue weighted by atomic mass is 10.4. The van der Waals surface area contributed by atoms with Crippen LogP contribution in [0.15, 0.2) is 10.8 Å². The summed E-state index contributed by atoms with van der Waals surface area (Å²) in [5.74, 6) is 1.12. The van der Waals surface area contributed by atoms with Crippen molar-refractivity contribution in [2.24, 2.45) is 5.73 Å². The Bertz CT molecular complexity index is 278. The fraction of sp³-hybridized carbons (Fsp3) is 0.625. The summed E-state index contributed by atoms with van der Waals surface area (Å²) in [6, 6.07) is 0.684. The van der Waals surface area contributed by atoms with E-state index in [4.69, 9.17) is 5.73 Å². The fourth-order valence-corrected chi connectivity index (χ4v) is 2.00. The van der Waals surface area contributed by atoms with Crippen LogP contribution in [-0.2, 0) is 6.42 Å². The maximum absolute atomic E-state index is 5.49. The van der Waals surface area contributed by atoms with Crippen LogP contribution >= 0.6 is 15.9 Å². The molecule has 1 aliphatic carbocycles. The second-order valence-corrected chi connectivity index (χ2v) is 3.95. The summed E-state index contributed by atoms with van der Waals surface area (Å²) in [5.41, 5.74) is 5.49. The molecule has 0 atom stereocenters. The lowest BCUT2D eigenvalue weighted by molar-refractivity contribution is 0.665. The first-order valence-electron chi connectivity index (χ1n) is 4.24. The highest BCUT2D eigenvalue weighted by atomic mass is 79.9. The Morgan fingerprint density at radius 2 is 2.42 bits per heavy atom. The maximum atomic E-state index is 5.49. The third-order valence-electron chi connectivity index (χ3n) is 2.11. The Hall–Kier alpha value is -0.350. The van der Waals surface area contributed by atoms with Gasteiger partial charge in [0, 0.05) is 12.5 Å². The number of halogens is 1. The van der Waals surface area contributed by atoms with E-state index < -0.39 is 0 Å². The topological polar surface area (TPSA) is 43.8 Å². The van der Waals surface area contributed by atoms with Gasteiger partial charge in [-0.05, 0) is 35.3 Å². The first kappa shape index (κ1) is 8.26. The van der Waals surface area contributed by atoms with Crippen molar-refractivity contribution in [1.29, 1.82) is 0 Å². The van der Waals surface area contributed by atoms with E-state index in [0.717, 1.165) is 16.8 Å². The van der Waals surface area contributed by atoms with Crippen molar-refractivity contribution in [2.45, 2.75) is 25.3 Å². The number of hydrogen-bond acceptors (Lipinski definition) is 2. The Morgan fingerprint density at radius 1 is 1.67 bits per heavy atom. The molecule has 1 aliphatic rings. The van der Waals surface area contributed by atoms with Gasteiger partial charge in [0.2, 0.25) is 0 Å². The number of rotatable bonds is 3. The lowest BCUT2D eigenvalue weighted by Gasteiger charge is -2.05. The molecule has 12 heavy (non-hydrogen) atoms. The van der Waals surface area contributed by atoms with Gasteiger partial charge in [0.1, 0.15) is 10.4 Å². The van der Waals surface area contributed by atoms with Crippen molar-refractivity contribution < 1.29 is 0 Å². The van der Waals surface area contributed by atoms with Crippen LogP contribution in [0.1, 0.15) is 24.7 Å². The average molecular weight is 230 g/mol. The van der Waals surface area contributed by atoms with Crippen LogP contribution in [0, 0.1) is 0 Å². The van der Waals surface area contributed by atoms with Crippen LogP contribution in [0.5, 0.6) is 0 Å². The summed E-state index contributed by atoms with van der Waals surface area (Å²) in [4.78, 5) is 4.30. The molecule has 4 heteroatoms. The number of nitrogens with two attached hydrogens (primary N) is 1. The van der Waals surface area contributed by atoms with E-state index >= 15 is 0 Å². The molecule has 2 N–H and O–H groups in total. The highest BCUT2D eigenvalue weighted by Crippen LogP contribution is 2.38. The van der Waals surface area contributed by atoms with Crippen LogP contribution in [0.3, 0.4) is 0 Å². The zero-order chi connectivity index (χ0) is 8.55. The standard InChI is InChI=1S/C8H12BrN3/c9-7-5-11-8(3-4-10)12(7)6-1-2-6/h5-6H,1-4,10H2. The van der Waals surface area contributed by atoms with E-state index in [1.165, 1.54) is 12.8 Å². The highest BCUT2D eigenvalue weighted by molar-refractivity contribution is 9.10. The molecule has 3 nitrogen and oxygen atoms in total. The molecule has 0 amide bonds. The van der Waals surface area contributed by atoms with E-state index in [-0.39, 0.29) is 0 Å². The summed E-state index contributed by atoms with van der Waals surface area (Å²) in [7, 11) is 0. The molecule has 0 saturated heterocycles. The number of aromatic nitrogens is 2. The quantitative estimate of drug-likeness (QED) is 0.854. The molecule has 0 aliphatic heterocycles. The molecule has 0 aromatic carbocycles. The van der Waals surface area contributed by atoms with Gasteiger partial charge in [0.25, 0.3) is 0 Å². The van der Waals surface area contributed by atoms with Gasteiger partial charge in [0.15, 0.2) is 0 Å². The molecule has 0 radical (unpaired) electrons. The predicted octanol–water partition coefficient (Wildman–Crippen LogP) is 1.48. The van der Waals surface area contributed by atoms with Crippen LogP contribution in [0.4, 0.5) is 0 Å². The molecule has 1 fully saturated rings. The minimum atomic E-state index is 0.677. The summed E-state index contributed by atoms with van der Waals surface area (Å²) in [5, 5.41) is 0. The number of imidazole rings is 1. The van der Waals surface area contributed by atoms with E-state index in [2.05, 4.69) is 25.5 Å². The molecule has 1 saturated carbocycles. The fourth-order valence-electron chi connectivity index (χ4n) is 1.41. The van der Waals surface area contributed by atoms with Crippen LogP contribution in [0.25, 0.3) is 0 Å². The summed E-state index contributed by atoms with van der Waals surface area (Å²) < 4.78 is 3.35. The van der Waals surface area contributed by atoms with Gasteiger partial charge in [0.05, 0.1) is 6.20 Å². The van der Waals surface area contributed by atoms with Gasteiger partial charge in [-0.2, -0.15) is 0 Å². The van der Waals surface area contributed by atoms with Gasteiger partial charge in [-0.25, -0.2) is 4.98 Å². The molecule has 66 valence electrons. The molecular formula is C8H12BrN3. The minimum absolute atomic E-state index is 0.677. The second kappa shape index (κ2) is 3.18. The second-order valence-electron chi connectivity index (χ2n) is 3.14. The van der Waals surface area contributed by atoms with Gasteiger partial charge in [-0.1, -0.05) is 0 Å². The third kappa shape index (κ3) is 1.41. The SMILES string of the molecule is NCCc1ncc(Br)n1C1CC1. The molecule has 0 unspecified atom stereocenters. The Labute approximate surface area is 80.1 Å². The molecular weight excluding hydrogens is 218 g/mol. The Kier molecular flexibility index (Phi) is 2.19. The Balaban J connectivity index is 2.27. The van der Waals surface area contributed by atoms with E-state index in [0.29, 0.717) is 12.6 Å². The summed E-state index contributed by atoms with van der Waals surface area (Å²) >= 11 is 3.49. The molecule has 0 bridgehead atoms. The van der Waals surface area contributed by atoms with Gasteiger partial charge >= 0.3 is 0 Å². The monoisotopic (exact) mass is 229 g/mol. The van der Waals surface area contributed by atoms with Crippen LogP contribution in [0.2, 0.25) is 0 Å². The maximum Gasteiger partial charge on any atom is 0.111 e. The zero-order valence-electron chi connectivity index (χ0n) is 6.83. The van der Waals surface area contributed by atoms with Crippen molar-refractivity contribution in [1.82, 2.24) is 9.55 Å². The van der Waals surface area contributed by atoms with E-state index in [1.54, 1.807) is 0 Å². The molecule has 0 spiro atoms. The minimum Gasteiger partial charge on any atom is -0.330 e. The van der Waals surface area contributed by atoms with Crippen molar-refractivity contribution in [2.75, 3.05) is 6.54 Å². The molecule has 1 aromatic heterocycles. The van der Waals surface area contributed by atoms with Crippen molar-refractivity contribution in [3.05, 3.63) is 16.6 Å². The normalized spacial score (nSPS) is 16.8. The van der Waals surface area contributed by atoms with E-state index in [1.807, 2.05) is 6.20 Å². The van der Waals surface area contributed by atoms with Crippen molar-refractivity contribution in [3.63, 3.8) is 0 Å². The van der Waals surface area contributed by atoms with E-state index in [9.17, 15) is 0 Å². The van der Waals surface area contributed by atoms with Crippen LogP contribution in [-0.4, -0.2) is 16.1 Å². The first-order valence-corrected chi connectivity index (χ1v) is 5.04. The number of nitrogens with zero attached hydrogens (tertiary/aromatic N) is 2. The lowest BCUT2D eigenvalue weighted by Crippen LogP contribution is -2.09. The summed E-state index contributed by atoms with van der Waals surface area (Å²) in [6.07, 6.45) is 5.31. The molecule has 2 rings (SSSR count). The third-order valence-corrected chi connectivity index (χ3v) is 2.70.